The second-order valence-corrected chi connectivity index (χ2v) is 5.74. The molecule has 4 rings (SSSR count). The fourth-order valence-electron chi connectivity index (χ4n) is 2.72. The molecule has 0 aliphatic rings. The molecule has 5 heteroatoms. The Hall–Kier alpha value is -3.73. The molecule has 5 nitrogen and oxygen atoms in total. The highest BCUT2D eigenvalue weighted by Gasteiger charge is 2.09. The quantitative estimate of drug-likeness (QED) is 0.606. The van der Waals surface area contributed by atoms with Gasteiger partial charge >= 0.3 is 0 Å². The van der Waals surface area contributed by atoms with Gasteiger partial charge in [0.15, 0.2) is 0 Å². The smallest absolute Gasteiger partial charge is 0.257 e. The van der Waals surface area contributed by atoms with Crippen LogP contribution in [0.3, 0.4) is 0 Å². The van der Waals surface area contributed by atoms with Crippen molar-refractivity contribution in [1.29, 1.82) is 0 Å². The number of hydrogen-bond donors (Lipinski definition) is 1. The Morgan fingerprint density at radius 2 is 1.65 bits per heavy atom. The summed E-state index contributed by atoms with van der Waals surface area (Å²) in [6.07, 6.45) is 4.96. The number of nitrogens with zero attached hydrogens (tertiary/aromatic N) is 3. The molecule has 1 amide bonds. The number of hydrogen-bond acceptors (Lipinski definition) is 3. The van der Waals surface area contributed by atoms with E-state index in [1.54, 1.807) is 30.7 Å². The molecular weight excluding hydrogens is 324 g/mol. The molecule has 2 heterocycles. The van der Waals surface area contributed by atoms with Gasteiger partial charge in [-0.25, -0.2) is 4.68 Å². The summed E-state index contributed by atoms with van der Waals surface area (Å²) in [5.74, 6) is -0.180. The molecule has 0 atom stereocenters. The number of carbonyl (C=O) groups is 1. The first-order chi connectivity index (χ1) is 12.8. The lowest BCUT2D eigenvalue weighted by Crippen LogP contribution is -2.11. The van der Waals surface area contributed by atoms with E-state index in [1.165, 1.54) is 0 Å². The van der Waals surface area contributed by atoms with Crippen LogP contribution in [-0.2, 0) is 0 Å². The average Bonchev–Trinajstić information content (AvgIpc) is 3.20. The van der Waals surface area contributed by atoms with Gasteiger partial charge in [0.25, 0.3) is 5.91 Å². The third kappa shape index (κ3) is 3.23. The fourth-order valence-corrected chi connectivity index (χ4v) is 2.72. The van der Waals surface area contributed by atoms with Gasteiger partial charge < -0.3 is 5.32 Å². The predicted octanol–water partition coefficient (Wildman–Crippen LogP) is 4.19. The molecule has 2 aromatic heterocycles. The van der Waals surface area contributed by atoms with E-state index in [0.29, 0.717) is 5.56 Å². The van der Waals surface area contributed by atoms with E-state index in [0.717, 1.165) is 22.6 Å². The number of nitrogens with one attached hydrogen (secondary N) is 1. The SMILES string of the molecule is O=C(Nc1ccc(-c2ccnn2-c2ccccc2)cc1)c1cccnc1. The van der Waals surface area contributed by atoms with Gasteiger partial charge in [0.2, 0.25) is 0 Å². The third-order valence-electron chi connectivity index (χ3n) is 4.01. The summed E-state index contributed by atoms with van der Waals surface area (Å²) in [4.78, 5) is 16.2. The first-order valence-corrected chi connectivity index (χ1v) is 8.22. The molecule has 0 aliphatic carbocycles. The van der Waals surface area contributed by atoms with Crippen LogP contribution >= 0.6 is 0 Å². The Morgan fingerprint density at radius 3 is 2.38 bits per heavy atom. The van der Waals surface area contributed by atoms with Gasteiger partial charge in [-0.3, -0.25) is 9.78 Å². The molecule has 0 unspecified atom stereocenters. The Kier molecular flexibility index (Phi) is 4.26. The van der Waals surface area contributed by atoms with Crippen molar-refractivity contribution < 1.29 is 4.79 Å². The van der Waals surface area contributed by atoms with Crippen molar-refractivity contribution in [3.05, 3.63) is 97.0 Å². The molecule has 0 spiro atoms. The van der Waals surface area contributed by atoms with Crippen LogP contribution in [0.4, 0.5) is 5.69 Å². The molecule has 126 valence electrons. The van der Waals surface area contributed by atoms with Gasteiger partial charge in [0.1, 0.15) is 0 Å². The normalized spacial score (nSPS) is 10.5. The predicted molar refractivity (Wildman–Crippen MR) is 101 cm³/mol. The highest BCUT2D eigenvalue weighted by Crippen LogP contribution is 2.24. The highest BCUT2D eigenvalue weighted by atomic mass is 16.1. The maximum Gasteiger partial charge on any atom is 0.257 e. The summed E-state index contributed by atoms with van der Waals surface area (Å²) in [6, 6.07) is 23.1. The van der Waals surface area contributed by atoms with Crippen molar-refractivity contribution in [3.63, 3.8) is 0 Å². The molecule has 0 radical (unpaired) electrons. The summed E-state index contributed by atoms with van der Waals surface area (Å²) in [7, 11) is 0. The van der Waals surface area contributed by atoms with Crippen LogP contribution in [0, 0.1) is 0 Å². The van der Waals surface area contributed by atoms with Crippen LogP contribution < -0.4 is 5.32 Å². The van der Waals surface area contributed by atoms with Crippen molar-refractivity contribution in [2.45, 2.75) is 0 Å². The lowest BCUT2D eigenvalue weighted by Gasteiger charge is -2.09. The molecule has 0 bridgehead atoms. The lowest BCUT2D eigenvalue weighted by atomic mass is 10.1. The highest BCUT2D eigenvalue weighted by molar-refractivity contribution is 6.04. The van der Waals surface area contributed by atoms with Gasteiger partial charge in [-0.15, -0.1) is 0 Å². The minimum absolute atomic E-state index is 0.180. The fraction of sp³-hybridized carbons (Fsp3) is 0. The summed E-state index contributed by atoms with van der Waals surface area (Å²) in [5, 5.41) is 7.29. The monoisotopic (exact) mass is 340 g/mol. The summed E-state index contributed by atoms with van der Waals surface area (Å²) in [5.41, 5.74) is 4.26. The molecule has 2 aromatic carbocycles. The Morgan fingerprint density at radius 1 is 0.846 bits per heavy atom. The zero-order valence-electron chi connectivity index (χ0n) is 13.9. The third-order valence-corrected chi connectivity index (χ3v) is 4.01. The molecule has 0 fully saturated rings. The maximum atomic E-state index is 12.2. The second kappa shape index (κ2) is 7.03. The van der Waals surface area contributed by atoms with Crippen LogP contribution in [0.5, 0.6) is 0 Å². The van der Waals surface area contributed by atoms with E-state index in [2.05, 4.69) is 15.4 Å². The lowest BCUT2D eigenvalue weighted by molar-refractivity contribution is 0.102. The van der Waals surface area contributed by atoms with E-state index in [9.17, 15) is 4.79 Å². The molecule has 0 aliphatic heterocycles. The van der Waals surface area contributed by atoms with Crippen LogP contribution in [0.25, 0.3) is 16.9 Å². The molecular formula is C21H16N4O. The molecule has 1 N–H and O–H groups in total. The number of amides is 1. The minimum atomic E-state index is -0.180. The molecule has 26 heavy (non-hydrogen) atoms. The van der Waals surface area contributed by atoms with Gasteiger partial charge in [-0.2, -0.15) is 5.10 Å². The zero-order chi connectivity index (χ0) is 17.8. The Balaban J connectivity index is 1.56. The largest absolute Gasteiger partial charge is 0.322 e. The average molecular weight is 340 g/mol. The van der Waals surface area contributed by atoms with Crippen LogP contribution in [-0.4, -0.2) is 20.7 Å². The topological polar surface area (TPSA) is 59.8 Å². The van der Waals surface area contributed by atoms with E-state index in [-0.39, 0.29) is 5.91 Å². The van der Waals surface area contributed by atoms with Crippen molar-refractivity contribution in [2.24, 2.45) is 0 Å². The number of carbonyl (C=O) groups excluding carboxylic acids is 1. The maximum absolute atomic E-state index is 12.2. The number of pyridine rings is 1. The summed E-state index contributed by atoms with van der Waals surface area (Å²) >= 11 is 0. The van der Waals surface area contributed by atoms with E-state index >= 15 is 0 Å². The molecule has 0 saturated heterocycles. The molecule has 4 aromatic rings. The van der Waals surface area contributed by atoms with Crippen molar-refractivity contribution >= 4 is 11.6 Å². The van der Waals surface area contributed by atoms with E-state index in [1.807, 2.05) is 65.3 Å². The number of rotatable bonds is 4. The first-order valence-electron chi connectivity index (χ1n) is 8.22. The standard InChI is InChI=1S/C21H16N4O/c26-21(17-5-4-13-22-15-17)24-18-10-8-16(9-11-18)20-12-14-23-25(20)19-6-2-1-3-7-19/h1-15H,(H,24,26). The van der Waals surface area contributed by atoms with Gasteiger partial charge in [0, 0.05) is 23.6 Å². The number of para-hydroxylation sites is 1. The van der Waals surface area contributed by atoms with Gasteiger partial charge in [-0.05, 0) is 42.5 Å². The van der Waals surface area contributed by atoms with Crippen molar-refractivity contribution in [1.82, 2.24) is 14.8 Å². The Labute approximate surface area is 151 Å². The number of anilines is 1. The van der Waals surface area contributed by atoms with E-state index in [4.69, 9.17) is 0 Å². The Bertz CT molecular complexity index is 1010. The first kappa shape index (κ1) is 15.8. The second-order valence-electron chi connectivity index (χ2n) is 5.74. The zero-order valence-corrected chi connectivity index (χ0v) is 13.9. The van der Waals surface area contributed by atoms with Crippen molar-refractivity contribution in [3.8, 4) is 16.9 Å². The minimum Gasteiger partial charge on any atom is -0.322 e. The molecule has 0 saturated carbocycles. The van der Waals surface area contributed by atoms with Gasteiger partial charge in [-0.1, -0.05) is 30.3 Å². The van der Waals surface area contributed by atoms with Crippen LogP contribution in [0.15, 0.2) is 91.4 Å². The van der Waals surface area contributed by atoms with Gasteiger partial charge in [0.05, 0.1) is 23.1 Å². The number of aromatic nitrogens is 3. The summed E-state index contributed by atoms with van der Waals surface area (Å²) < 4.78 is 1.89. The summed E-state index contributed by atoms with van der Waals surface area (Å²) in [6.45, 7) is 0. The van der Waals surface area contributed by atoms with E-state index < -0.39 is 0 Å². The van der Waals surface area contributed by atoms with Crippen molar-refractivity contribution in [2.75, 3.05) is 5.32 Å². The van der Waals surface area contributed by atoms with Crippen LogP contribution in [0.2, 0.25) is 0 Å². The number of benzene rings is 2. The van der Waals surface area contributed by atoms with Crippen LogP contribution in [0.1, 0.15) is 10.4 Å².